The molecule has 2 aromatic heterocycles. The Morgan fingerprint density at radius 1 is 0.786 bits per heavy atom. The molecule has 2 atom stereocenters. The summed E-state index contributed by atoms with van der Waals surface area (Å²) in [6.07, 6.45) is 28.6. The number of rotatable bonds is 6. The van der Waals surface area contributed by atoms with Crippen molar-refractivity contribution in [3.8, 4) is 0 Å². The second kappa shape index (κ2) is 8.03. The minimum Gasteiger partial charge on any atom is -0.465 e. The van der Waals surface area contributed by atoms with E-state index >= 15 is 0 Å². The van der Waals surface area contributed by atoms with E-state index in [1.807, 2.05) is 85.0 Å². The SMILES string of the molecule is O=S(C1(/C=C/c2ccco2)C=CC=CC1)C1(/C=C/c2ccco2)C=CC=CC1. The van der Waals surface area contributed by atoms with Gasteiger partial charge in [0.1, 0.15) is 11.5 Å². The standard InChI is InChI=1S/C24H22O3S/c25-28(23(13-3-1-4-14-23)17-11-21-9-7-19-26-21)24(15-5-2-6-16-24)18-12-22-10-8-20-27-22/h1-13,15,17-20H,14,16H2/b17-11+,18-12+. The van der Waals surface area contributed by atoms with Gasteiger partial charge in [-0.25, -0.2) is 0 Å². The second-order valence-electron chi connectivity index (χ2n) is 6.86. The average Bonchev–Trinajstić information content (AvgIpc) is 3.46. The van der Waals surface area contributed by atoms with Crippen LogP contribution in [0, 0.1) is 0 Å². The van der Waals surface area contributed by atoms with E-state index in [2.05, 4.69) is 12.2 Å². The quantitative estimate of drug-likeness (QED) is 0.621. The Kier molecular flexibility index (Phi) is 5.31. The highest BCUT2D eigenvalue weighted by Gasteiger charge is 2.43. The Labute approximate surface area is 167 Å². The summed E-state index contributed by atoms with van der Waals surface area (Å²) in [6.45, 7) is 0. The van der Waals surface area contributed by atoms with Gasteiger partial charge in [0.05, 0.1) is 22.0 Å². The molecule has 28 heavy (non-hydrogen) atoms. The highest BCUT2D eigenvalue weighted by atomic mass is 32.2. The van der Waals surface area contributed by atoms with E-state index in [1.54, 1.807) is 12.5 Å². The minimum absolute atomic E-state index is 0.620. The van der Waals surface area contributed by atoms with Crippen molar-refractivity contribution in [2.45, 2.75) is 22.3 Å². The highest BCUT2D eigenvalue weighted by Crippen LogP contribution is 2.39. The first-order valence-corrected chi connectivity index (χ1v) is 10.4. The van der Waals surface area contributed by atoms with Gasteiger partial charge >= 0.3 is 0 Å². The molecule has 0 aromatic carbocycles. The Morgan fingerprint density at radius 2 is 1.29 bits per heavy atom. The van der Waals surface area contributed by atoms with E-state index in [9.17, 15) is 4.21 Å². The van der Waals surface area contributed by atoms with Crippen LogP contribution in [0.25, 0.3) is 12.2 Å². The summed E-state index contributed by atoms with van der Waals surface area (Å²) in [4.78, 5) is 0. The molecule has 2 unspecified atom stereocenters. The topological polar surface area (TPSA) is 43.4 Å². The smallest absolute Gasteiger partial charge is 0.126 e. The van der Waals surface area contributed by atoms with Gasteiger partial charge in [-0.3, -0.25) is 4.21 Å². The maximum Gasteiger partial charge on any atom is 0.126 e. The van der Waals surface area contributed by atoms with Gasteiger partial charge in [-0.05, 0) is 49.3 Å². The fourth-order valence-corrected chi connectivity index (χ4v) is 5.44. The number of hydrogen-bond donors (Lipinski definition) is 0. The molecule has 2 aromatic rings. The molecule has 0 saturated heterocycles. The van der Waals surface area contributed by atoms with Crippen LogP contribution in [0.5, 0.6) is 0 Å². The van der Waals surface area contributed by atoms with E-state index in [1.165, 1.54) is 0 Å². The van der Waals surface area contributed by atoms with Crippen molar-refractivity contribution in [3.63, 3.8) is 0 Å². The van der Waals surface area contributed by atoms with Crippen molar-refractivity contribution in [2.24, 2.45) is 0 Å². The summed E-state index contributed by atoms with van der Waals surface area (Å²) in [6, 6.07) is 7.49. The zero-order valence-corrected chi connectivity index (χ0v) is 16.3. The summed E-state index contributed by atoms with van der Waals surface area (Å²) in [7, 11) is -1.27. The highest BCUT2D eigenvalue weighted by molar-refractivity contribution is 7.88. The van der Waals surface area contributed by atoms with Crippen LogP contribution in [0.4, 0.5) is 0 Å². The van der Waals surface area contributed by atoms with Gasteiger partial charge in [0.2, 0.25) is 0 Å². The lowest BCUT2D eigenvalue weighted by Gasteiger charge is -2.37. The van der Waals surface area contributed by atoms with Crippen LogP contribution >= 0.6 is 0 Å². The Balaban J connectivity index is 1.72. The van der Waals surface area contributed by atoms with Crippen LogP contribution in [-0.2, 0) is 10.8 Å². The van der Waals surface area contributed by atoms with E-state index < -0.39 is 20.3 Å². The zero-order chi connectivity index (χ0) is 19.3. The summed E-state index contributed by atoms with van der Waals surface area (Å²) in [5, 5.41) is 0. The summed E-state index contributed by atoms with van der Waals surface area (Å²) < 4.78 is 23.7. The molecule has 142 valence electrons. The van der Waals surface area contributed by atoms with Crippen molar-refractivity contribution in [2.75, 3.05) is 0 Å². The van der Waals surface area contributed by atoms with Crippen LogP contribution in [0.15, 0.2) is 106 Å². The van der Waals surface area contributed by atoms with Crippen molar-refractivity contribution < 1.29 is 13.0 Å². The lowest BCUT2D eigenvalue weighted by molar-refractivity contribution is 0.556. The van der Waals surface area contributed by atoms with Crippen LogP contribution < -0.4 is 0 Å². The van der Waals surface area contributed by atoms with Crippen LogP contribution in [0.3, 0.4) is 0 Å². The summed E-state index contributed by atoms with van der Waals surface area (Å²) in [5.74, 6) is 1.50. The van der Waals surface area contributed by atoms with Crippen molar-refractivity contribution >= 4 is 23.0 Å². The number of furan rings is 2. The third kappa shape index (κ3) is 3.73. The summed E-state index contributed by atoms with van der Waals surface area (Å²) in [5.41, 5.74) is 0. The molecule has 0 fully saturated rings. The van der Waals surface area contributed by atoms with Gasteiger partial charge < -0.3 is 8.83 Å². The second-order valence-corrected chi connectivity index (χ2v) is 8.92. The molecule has 3 nitrogen and oxygen atoms in total. The van der Waals surface area contributed by atoms with Gasteiger partial charge in [-0.2, -0.15) is 0 Å². The van der Waals surface area contributed by atoms with E-state index in [0.29, 0.717) is 12.8 Å². The van der Waals surface area contributed by atoms with Gasteiger partial charge in [-0.1, -0.05) is 60.8 Å². The van der Waals surface area contributed by atoms with Gasteiger partial charge in [0.25, 0.3) is 0 Å². The number of hydrogen-bond acceptors (Lipinski definition) is 3. The first kappa shape index (κ1) is 18.5. The fraction of sp³-hybridized carbons (Fsp3) is 0.167. The Morgan fingerprint density at radius 3 is 1.64 bits per heavy atom. The molecule has 2 aliphatic carbocycles. The maximum atomic E-state index is 14.1. The van der Waals surface area contributed by atoms with Crippen LogP contribution in [-0.4, -0.2) is 13.7 Å². The molecule has 0 radical (unpaired) electrons. The molecule has 0 bridgehead atoms. The molecule has 0 saturated carbocycles. The monoisotopic (exact) mass is 390 g/mol. The van der Waals surface area contributed by atoms with Crippen LogP contribution in [0.1, 0.15) is 24.4 Å². The molecular formula is C24H22O3S. The molecule has 0 amide bonds. The van der Waals surface area contributed by atoms with Gasteiger partial charge in [0.15, 0.2) is 0 Å². The van der Waals surface area contributed by atoms with Crippen molar-refractivity contribution in [3.05, 3.63) is 109 Å². The van der Waals surface area contributed by atoms with Crippen LogP contribution in [0.2, 0.25) is 0 Å². The van der Waals surface area contributed by atoms with Crippen molar-refractivity contribution in [1.29, 1.82) is 0 Å². The van der Waals surface area contributed by atoms with E-state index in [-0.39, 0.29) is 0 Å². The lowest BCUT2D eigenvalue weighted by Crippen LogP contribution is -2.44. The van der Waals surface area contributed by atoms with Gasteiger partial charge in [-0.15, -0.1) is 0 Å². The third-order valence-corrected chi connectivity index (χ3v) is 7.22. The first-order valence-electron chi connectivity index (χ1n) is 9.29. The van der Waals surface area contributed by atoms with E-state index in [4.69, 9.17) is 8.83 Å². The van der Waals surface area contributed by atoms with Gasteiger partial charge in [0, 0.05) is 10.8 Å². The largest absolute Gasteiger partial charge is 0.465 e. The molecule has 0 spiro atoms. The van der Waals surface area contributed by atoms with E-state index in [0.717, 1.165) is 11.5 Å². The maximum absolute atomic E-state index is 14.1. The number of allylic oxidation sites excluding steroid dienone is 6. The molecular weight excluding hydrogens is 368 g/mol. The normalized spacial score (nSPS) is 27.9. The summed E-state index contributed by atoms with van der Waals surface area (Å²) >= 11 is 0. The predicted octanol–water partition coefficient (Wildman–Crippen LogP) is 5.86. The zero-order valence-electron chi connectivity index (χ0n) is 15.4. The lowest BCUT2D eigenvalue weighted by atomic mass is 9.97. The predicted molar refractivity (Wildman–Crippen MR) is 115 cm³/mol. The molecule has 4 heteroatoms. The molecule has 2 aliphatic rings. The molecule has 0 N–H and O–H groups in total. The minimum atomic E-state index is -1.27. The third-order valence-electron chi connectivity index (χ3n) is 4.96. The fourth-order valence-electron chi connectivity index (χ4n) is 3.45. The molecule has 0 aliphatic heterocycles. The molecule has 4 rings (SSSR count). The Bertz CT molecular complexity index is 907. The average molecular weight is 391 g/mol. The van der Waals surface area contributed by atoms with Crippen molar-refractivity contribution in [1.82, 2.24) is 0 Å². The molecule has 2 heterocycles. The Hall–Kier alpha value is -2.85. The first-order chi connectivity index (χ1) is 13.7.